The first-order valence-corrected chi connectivity index (χ1v) is 8.53. The smallest absolute Gasteiger partial charge is 0.416 e. The second-order valence-corrected chi connectivity index (χ2v) is 6.31. The van der Waals surface area contributed by atoms with E-state index in [1.165, 1.54) is 18.2 Å². The van der Waals surface area contributed by atoms with Gasteiger partial charge in [-0.05, 0) is 41.0 Å². The number of nitrogens with zero attached hydrogens (tertiary/aromatic N) is 1. The number of benzene rings is 2. The van der Waals surface area contributed by atoms with Gasteiger partial charge in [0.15, 0.2) is 0 Å². The largest absolute Gasteiger partial charge is 0.490 e. The van der Waals surface area contributed by atoms with Crippen molar-refractivity contribution < 1.29 is 27.8 Å². The molecular formula is C21H18F3NO3. The number of carboxylic acids is 1. The van der Waals surface area contributed by atoms with Crippen LogP contribution in [0.1, 0.15) is 16.7 Å². The predicted molar refractivity (Wildman–Crippen MR) is 101 cm³/mol. The fourth-order valence-electron chi connectivity index (χ4n) is 2.95. The fraction of sp³-hybridized carbons (Fsp3) is 0.190. The van der Waals surface area contributed by atoms with Crippen LogP contribution in [0.3, 0.4) is 0 Å². The van der Waals surface area contributed by atoms with Gasteiger partial charge >= 0.3 is 12.1 Å². The van der Waals surface area contributed by atoms with Crippen molar-refractivity contribution in [1.29, 1.82) is 0 Å². The van der Waals surface area contributed by atoms with E-state index in [1.54, 1.807) is 6.08 Å². The minimum Gasteiger partial charge on any atom is -0.490 e. The molecule has 0 amide bonds. The molecule has 0 aromatic heterocycles. The standard InChI is InChI=1S/C21H18F3NO3/c1-25-11-12-28-19-13-15(7-10-18(19)25)17(3-2-4-20(26)27)14-5-8-16(9-6-14)21(22,23)24/h2-10,13H,11-12H2,1H3,(H,26,27)/b4-2+,17-3-. The van der Waals surface area contributed by atoms with E-state index in [1.807, 2.05) is 25.2 Å². The van der Waals surface area contributed by atoms with E-state index in [0.717, 1.165) is 30.4 Å². The molecule has 1 heterocycles. The molecule has 0 aliphatic carbocycles. The Morgan fingerprint density at radius 1 is 1.14 bits per heavy atom. The average molecular weight is 389 g/mol. The molecule has 0 spiro atoms. The number of hydrogen-bond donors (Lipinski definition) is 1. The van der Waals surface area contributed by atoms with Crippen molar-refractivity contribution in [1.82, 2.24) is 0 Å². The van der Waals surface area contributed by atoms with Crippen molar-refractivity contribution in [2.24, 2.45) is 0 Å². The van der Waals surface area contributed by atoms with E-state index in [4.69, 9.17) is 9.84 Å². The zero-order chi connectivity index (χ0) is 20.3. The normalized spacial score (nSPS) is 14.7. The first kappa shape index (κ1) is 19.5. The maximum absolute atomic E-state index is 12.8. The van der Waals surface area contributed by atoms with Crippen molar-refractivity contribution >= 4 is 17.2 Å². The third-order valence-electron chi connectivity index (χ3n) is 4.39. The van der Waals surface area contributed by atoms with Crippen molar-refractivity contribution in [2.75, 3.05) is 25.1 Å². The van der Waals surface area contributed by atoms with Gasteiger partial charge in [0.25, 0.3) is 0 Å². The van der Waals surface area contributed by atoms with E-state index >= 15 is 0 Å². The molecule has 0 radical (unpaired) electrons. The minimum absolute atomic E-state index is 0.533. The van der Waals surface area contributed by atoms with Crippen molar-refractivity contribution in [3.8, 4) is 5.75 Å². The summed E-state index contributed by atoms with van der Waals surface area (Å²) in [5.41, 5.74) is 2.01. The Labute approximate surface area is 160 Å². The highest BCUT2D eigenvalue weighted by molar-refractivity contribution is 5.85. The van der Waals surface area contributed by atoms with Crippen LogP contribution in [0.5, 0.6) is 5.75 Å². The molecule has 7 heteroatoms. The van der Waals surface area contributed by atoms with E-state index in [2.05, 4.69) is 4.90 Å². The molecule has 0 bridgehead atoms. The van der Waals surface area contributed by atoms with Crippen LogP contribution in [0.2, 0.25) is 0 Å². The molecule has 1 aliphatic heterocycles. The lowest BCUT2D eigenvalue weighted by Crippen LogP contribution is -2.28. The molecule has 2 aromatic rings. The summed E-state index contributed by atoms with van der Waals surface area (Å²) in [6, 6.07) is 10.3. The Hall–Kier alpha value is -3.22. The number of aliphatic carboxylic acids is 1. The number of allylic oxidation sites excluding steroid dienone is 2. The van der Waals surface area contributed by atoms with E-state index < -0.39 is 17.7 Å². The number of halogens is 3. The Balaban J connectivity index is 2.04. The van der Waals surface area contributed by atoms with Crippen LogP contribution < -0.4 is 9.64 Å². The van der Waals surface area contributed by atoms with E-state index in [0.29, 0.717) is 29.1 Å². The lowest BCUT2D eigenvalue weighted by molar-refractivity contribution is -0.137. The van der Waals surface area contributed by atoms with Crippen molar-refractivity contribution in [3.63, 3.8) is 0 Å². The quantitative estimate of drug-likeness (QED) is 0.613. The summed E-state index contributed by atoms with van der Waals surface area (Å²) in [5, 5.41) is 8.81. The molecule has 0 atom stereocenters. The van der Waals surface area contributed by atoms with Gasteiger partial charge < -0.3 is 14.7 Å². The number of carbonyl (C=O) groups is 1. The van der Waals surface area contributed by atoms with Gasteiger partial charge in [-0.2, -0.15) is 13.2 Å². The van der Waals surface area contributed by atoms with Gasteiger partial charge in [0.2, 0.25) is 0 Å². The molecule has 2 aromatic carbocycles. The SMILES string of the molecule is CN1CCOc2cc(/C(=C\C=C\C(=O)O)c3ccc(C(F)(F)F)cc3)ccc21. The number of anilines is 1. The third kappa shape index (κ3) is 4.36. The Morgan fingerprint density at radius 3 is 2.46 bits per heavy atom. The molecule has 28 heavy (non-hydrogen) atoms. The van der Waals surface area contributed by atoms with Crippen molar-refractivity contribution in [2.45, 2.75) is 6.18 Å². The number of fused-ring (bicyclic) bond motifs is 1. The van der Waals surface area contributed by atoms with Gasteiger partial charge in [0, 0.05) is 13.1 Å². The zero-order valence-electron chi connectivity index (χ0n) is 15.0. The maximum Gasteiger partial charge on any atom is 0.416 e. The van der Waals surface area contributed by atoms with Crippen LogP contribution in [-0.4, -0.2) is 31.3 Å². The van der Waals surface area contributed by atoms with Gasteiger partial charge in [-0.15, -0.1) is 0 Å². The van der Waals surface area contributed by atoms with Crippen LogP contribution in [0.25, 0.3) is 5.57 Å². The van der Waals surface area contributed by atoms with Crippen LogP contribution in [-0.2, 0) is 11.0 Å². The summed E-state index contributed by atoms with van der Waals surface area (Å²) in [5.74, 6) is -0.440. The summed E-state index contributed by atoms with van der Waals surface area (Å²) < 4.78 is 44.2. The monoisotopic (exact) mass is 389 g/mol. The highest BCUT2D eigenvalue weighted by atomic mass is 19.4. The molecule has 0 saturated heterocycles. The van der Waals surface area contributed by atoms with Crippen LogP contribution >= 0.6 is 0 Å². The lowest BCUT2D eigenvalue weighted by atomic mass is 9.95. The fourth-order valence-corrected chi connectivity index (χ4v) is 2.95. The first-order valence-electron chi connectivity index (χ1n) is 8.53. The lowest BCUT2D eigenvalue weighted by Gasteiger charge is -2.28. The second kappa shape index (κ2) is 7.80. The molecule has 146 valence electrons. The molecule has 1 N–H and O–H groups in total. The van der Waals surface area contributed by atoms with Gasteiger partial charge in [0.1, 0.15) is 12.4 Å². The molecule has 0 fully saturated rings. The van der Waals surface area contributed by atoms with Gasteiger partial charge in [-0.3, -0.25) is 0 Å². The molecule has 1 aliphatic rings. The maximum atomic E-state index is 12.8. The molecule has 0 unspecified atom stereocenters. The number of carboxylic acid groups (broad SMARTS) is 1. The molecule has 4 nitrogen and oxygen atoms in total. The number of ether oxygens (including phenoxy) is 1. The Morgan fingerprint density at radius 2 is 1.82 bits per heavy atom. The summed E-state index contributed by atoms with van der Waals surface area (Å²) in [7, 11) is 1.95. The highest BCUT2D eigenvalue weighted by Crippen LogP contribution is 2.36. The van der Waals surface area contributed by atoms with Crippen LogP contribution in [0.4, 0.5) is 18.9 Å². The number of hydrogen-bond acceptors (Lipinski definition) is 3. The van der Waals surface area contributed by atoms with Crippen molar-refractivity contribution in [3.05, 3.63) is 77.4 Å². The Bertz CT molecular complexity index is 931. The third-order valence-corrected chi connectivity index (χ3v) is 4.39. The van der Waals surface area contributed by atoms with Gasteiger partial charge in [0.05, 0.1) is 17.8 Å². The minimum atomic E-state index is -4.42. The zero-order valence-corrected chi connectivity index (χ0v) is 15.0. The van der Waals surface area contributed by atoms with Crippen LogP contribution in [0.15, 0.2) is 60.7 Å². The number of alkyl halides is 3. The Kier molecular flexibility index (Phi) is 5.44. The van der Waals surface area contributed by atoms with E-state index in [-0.39, 0.29) is 0 Å². The van der Waals surface area contributed by atoms with E-state index in [9.17, 15) is 18.0 Å². The number of likely N-dealkylation sites (N-methyl/N-ethyl adjacent to an activating group) is 1. The highest BCUT2D eigenvalue weighted by Gasteiger charge is 2.30. The summed E-state index contributed by atoms with van der Waals surface area (Å²) in [4.78, 5) is 12.8. The van der Waals surface area contributed by atoms with Gasteiger partial charge in [-0.25, -0.2) is 4.79 Å². The summed E-state index contributed by atoms with van der Waals surface area (Å²) >= 11 is 0. The molecular weight excluding hydrogens is 371 g/mol. The first-order chi connectivity index (χ1) is 13.3. The summed E-state index contributed by atoms with van der Waals surface area (Å²) in [6.07, 6.45) is -0.546. The van der Waals surface area contributed by atoms with Crippen LogP contribution in [0, 0.1) is 0 Å². The predicted octanol–water partition coefficient (Wildman–Crippen LogP) is 4.61. The molecule has 0 saturated carbocycles. The molecule has 3 rings (SSSR count). The summed E-state index contributed by atoms with van der Waals surface area (Å²) in [6.45, 7) is 1.29. The second-order valence-electron chi connectivity index (χ2n) is 6.31. The number of rotatable bonds is 4. The average Bonchev–Trinajstić information content (AvgIpc) is 2.64. The topological polar surface area (TPSA) is 49.8 Å². The van der Waals surface area contributed by atoms with Gasteiger partial charge in [-0.1, -0.05) is 30.4 Å².